The van der Waals surface area contributed by atoms with Gasteiger partial charge >= 0.3 is 12.1 Å². The van der Waals surface area contributed by atoms with Gasteiger partial charge in [-0.2, -0.15) is 0 Å². The number of aromatic nitrogens is 1. The van der Waals surface area contributed by atoms with Crippen LogP contribution in [0.4, 0.5) is 4.79 Å². The first-order valence-electron chi connectivity index (χ1n) is 16.2. The number of amides is 2. The molecule has 1 aromatic carbocycles. The number of carbonyl (C=O) groups excluding carboxylic acids is 3. The van der Waals surface area contributed by atoms with Crippen LogP contribution in [0.25, 0.3) is 10.9 Å². The minimum absolute atomic E-state index is 0.000590. The number of carbonyl (C=O) groups is 3. The summed E-state index contributed by atoms with van der Waals surface area (Å²) in [6.45, 7) is 7.02. The molecule has 1 saturated carbocycles. The van der Waals surface area contributed by atoms with Gasteiger partial charge in [-0.1, -0.05) is 33.1 Å². The van der Waals surface area contributed by atoms with Gasteiger partial charge in [0.1, 0.15) is 17.8 Å². The summed E-state index contributed by atoms with van der Waals surface area (Å²) in [4.78, 5) is 56.5. The molecule has 1 aromatic heterocycles. The van der Waals surface area contributed by atoms with E-state index in [0.29, 0.717) is 48.5 Å². The molecule has 1 unspecified atom stereocenters. The quantitative estimate of drug-likeness (QED) is 0.292. The fraction of sp³-hybridized carbons (Fsp3) is 0.647. The average Bonchev–Trinajstić information content (AvgIpc) is 3.53. The normalized spacial score (nSPS) is 18.0. The Hall–Kier alpha value is -3.76. The van der Waals surface area contributed by atoms with E-state index in [1.54, 1.807) is 12.0 Å². The highest BCUT2D eigenvalue weighted by molar-refractivity contribution is 5.90. The van der Waals surface area contributed by atoms with Crippen molar-refractivity contribution in [2.45, 2.75) is 97.1 Å². The zero-order valence-electron chi connectivity index (χ0n) is 27.4. The van der Waals surface area contributed by atoms with Crippen LogP contribution in [0, 0.1) is 11.3 Å². The molecule has 2 aromatic rings. The highest BCUT2D eigenvalue weighted by Crippen LogP contribution is 2.31. The molecule has 0 spiro atoms. The Bertz CT molecular complexity index is 1400. The molecule has 4 rings (SSSR count). The van der Waals surface area contributed by atoms with E-state index in [4.69, 9.17) is 18.9 Å². The van der Waals surface area contributed by atoms with Crippen molar-refractivity contribution >= 4 is 28.9 Å². The molecule has 0 radical (unpaired) electrons. The van der Waals surface area contributed by atoms with Crippen LogP contribution in [-0.2, 0) is 25.5 Å². The van der Waals surface area contributed by atoms with Crippen molar-refractivity contribution in [2.75, 3.05) is 34.0 Å². The van der Waals surface area contributed by atoms with Gasteiger partial charge in [-0.25, -0.2) is 9.59 Å². The molecule has 2 amide bonds. The number of H-pyrrole nitrogens is 1. The average molecular weight is 628 g/mol. The number of ether oxygens (including phenoxy) is 4. The van der Waals surface area contributed by atoms with Crippen LogP contribution in [0.2, 0.25) is 0 Å². The zero-order valence-corrected chi connectivity index (χ0v) is 27.4. The van der Waals surface area contributed by atoms with Gasteiger partial charge in [0.05, 0.1) is 33.0 Å². The minimum atomic E-state index is -0.737. The van der Waals surface area contributed by atoms with Crippen LogP contribution in [-0.4, -0.2) is 73.9 Å². The fourth-order valence-electron chi connectivity index (χ4n) is 6.61. The number of esters is 1. The van der Waals surface area contributed by atoms with E-state index in [1.807, 2.05) is 32.9 Å². The summed E-state index contributed by atoms with van der Waals surface area (Å²) >= 11 is 0. The topological polar surface area (TPSA) is 136 Å². The Kier molecular flexibility index (Phi) is 11.7. The molecule has 248 valence electrons. The van der Waals surface area contributed by atoms with Crippen molar-refractivity contribution in [3.63, 3.8) is 0 Å². The smallest absolute Gasteiger partial charge is 0.407 e. The lowest BCUT2D eigenvalue weighted by molar-refractivity contribution is -0.152. The number of benzene rings is 1. The van der Waals surface area contributed by atoms with Crippen molar-refractivity contribution in [3.8, 4) is 11.6 Å². The highest BCUT2D eigenvalue weighted by atomic mass is 16.5. The molecule has 2 heterocycles. The van der Waals surface area contributed by atoms with Gasteiger partial charge in [0.15, 0.2) is 11.3 Å². The third-order valence-electron chi connectivity index (χ3n) is 9.07. The maximum atomic E-state index is 13.7. The second kappa shape index (κ2) is 15.5. The molecular formula is C34H49N3O8. The molecule has 2 atom stereocenters. The third-order valence-corrected chi connectivity index (χ3v) is 9.07. The first kappa shape index (κ1) is 34.1. The summed E-state index contributed by atoms with van der Waals surface area (Å²) in [5.74, 6) is 0.456. The van der Waals surface area contributed by atoms with Gasteiger partial charge < -0.3 is 34.1 Å². The predicted molar refractivity (Wildman–Crippen MR) is 171 cm³/mol. The number of pyridine rings is 1. The van der Waals surface area contributed by atoms with E-state index in [9.17, 15) is 19.2 Å². The predicted octanol–water partition coefficient (Wildman–Crippen LogP) is 5.12. The van der Waals surface area contributed by atoms with E-state index in [0.717, 1.165) is 56.9 Å². The number of methoxy groups -OCH3 is 2. The largest absolute Gasteiger partial charge is 0.496 e. The van der Waals surface area contributed by atoms with Gasteiger partial charge in [-0.3, -0.25) is 9.59 Å². The van der Waals surface area contributed by atoms with Crippen LogP contribution >= 0.6 is 0 Å². The minimum Gasteiger partial charge on any atom is -0.496 e. The van der Waals surface area contributed by atoms with E-state index >= 15 is 0 Å². The van der Waals surface area contributed by atoms with Crippen LogP contribution in [0.5, 0.6) is 11.6 Å². The number of hydrogen-bond donors (Lipinski definition) is 2. The molecule has 11 nitrogen and oxygen atoms in total. The van der Waals surface area contributed by atoms with Crippen LogP contribution in [0.15, 0.2) is 23.0 Å². The molecule has 2 fully saturated rings. The van der Waals surface area contributed by atoms with E-state index < -0.39 is 24.1 Å². The number of aryl methyl sites for hydroxylation is 1. The number of hydrogen-bond acceptors (Lipinski definition) is 8. The maximum absolute atomic E-state index is 13.7. The molecule has 1 aliphatic heterocycles. The Labute approximate surface area is 265 Å². The molecule has 11 heteroatoms. The fourth-order valence-corrected chi connectivity index (χ4v) is 6.61. The monoisotopic (exact) mass is 627 g/mol. The number of aromatic amines is 1. The van der Waals surface area contributed by atoms with Crippen LogP contribution < -0.4 is 20.2 Å². The molecule has 2 N–H and O–H groups in total. The standard InChI is InChI=1S/C34H49N3O8/c1-6-44-29-20-27(38)24-18-23(28(42-4)19-25(24)35-29)14-10-16-34(2,3)21-45-33(41)36-30(22-12-8-7-9-13-22)31(39)37-17-11-15-26(37)32(40)43-5/h18-20,22,26,30H,6-17,21H2,1-5H3,(H,35,38)(H,36,41)/t26?,30-/m0/s1. The maximum Gasteiger partial charge on any atom is 0.407 e. The van der Waals surface area contributed by atoms with E-state index in [1.165, 1.54) is 13.2 Å². The summed E-state index contributed by atoms with van der Waals surface area (Å²) in [7, 11) is 2.94. The second-order valence-corrected chi connectivity index (χ2v) is 13.0. The molecular weight excluding hydrogens is 578 g/mol. The van der Waals surface area contributed by atoms with E-state index in [2.05, 4.69) is 10.3 Å². The number of rotatable bonds is 13. The van der Waals surface area contributed by atoms with Crippen molar-refractivity contribution in [1.29, 1.82) is 0 Å². The van der Waals surface area contributed by atoms with Gasteiger partial charge in [0.2, 0.25) is 5.91 Å². The summed E-state index contributed by atoms with van der Waals surface area (Å²) < 4.78 is 21.7. The second-order valence-electron chi connectivity index (χ2n) is 13.0. The first-order valence-corrected chi connectivity index (χ1v) is 16.2. The SMILES string of the molecule is CCOc1cc(=O)c2cc(CCCC(C)(C)COC(=O)N[C@H](C(=O)N3CCCC3C(=O)OC)C3CCCCC3)c(OC)cc2[nH]1. The Balaban J connectivity index is 1.35. The Morgan fingerprint density at radius 2 is 1.82 bits per heavy atom. The molecule has 2 aliphatic rings. The summed E-state index contributed by atoms with van der Waals surface area (Å²) in [5, 5.41) is 3.45. The summed E-state index contributed by atoms with van der Waals surface area (Å²) in [6.07, 6.45) is 7.67. The Morgan fingerprint density at radius 1 is 1.07 bits per heavy atom. The molecule has 1 saturated heterocycles. The first-order chi connectivity index (χ1) is 21.6. The lowest BCUT2D eigenvalue weighted by atomic mass is 9.83. The van der Waals surface area contributed by atoms with Gasteiger partial charge in [0, 0.05) is 24.1 Å². The molecule has 0 bridgehead atoms. The number of alkyl carbamates (subject to hydrolysis) is 1. The number of likely N-dealkylation sites (tertiary alicyclic amines) is 1. The van der Waals surface area contributed by atoms with Crippen molar-refractivity contribution < 1.29 is 33.3 Å². The third kappa shape index (κ3) is 8.70. The van der Waals surface area contributed by atoms with Gasteiger partial charge in [0.25, 0.3) is 0 Å². The number of nitrogens with one attached hydrogen (secondary N) is 2. The lowest BCUT2D eigenvalue weighted by Gasteiger charge is -2.34. The molecule has 45 heavy (non-hydrogen) atoms. The number of fused-ring (bicyclic) bond motifs is 1. The summed E-state index contributed by atoms with van der Waals surface area (Å²) in [6, 6.07) is 3.81. The molecule has 1 aliphatic carbocycles. The summed E-state index contributed by atoms with van der Waals surface area (Å²) in [5.41, 5.74) is 1.13. The van der Waals surface area contributed by atoms with Crippen molar-refractivity contribution in [1.82, 2.24) is 15.2 Å². The van der Waals surface area contributed by atoms with Gasteiger partial charge in [-0.15, -0.1) is 0 Å². The zero-order chi connectivity index (χ0) is 32.6. The van der Waals surface area contributed by atoms with Gasteiger partial charge in [-0.05, 0) is 74.8 Å². The van der Waals surface area contributed by atoms with Crippen LogP contribution in [0.3, 0.4) is 0 Å². The van der Waals surface area contributed by atoms with E-state index in [-0.39, 0.29) is 29.3 Å². The lowest BCUT2D eigenvalue weighted by Crippen LogP contribution is -2.55. The number of nitrogens with zero attached hydrogens (tertiary/aromatic N) is 1. The highest BCUT2D eigenvalue weighted by Gasteiger charge is 2.41. The van der Waals surface area contributed by atoms with Crippen molar-refractivity contribution in [2.24, 2.45) is 11.3 Å². The Morgan fingerprint density at radius 3 is 2.51 bits per heavy atom. The van der Waals surface area contributed by atoms with Crippen LogP contribution in [0.1, 0.15) is 84.1 Å². The van der Waals surface area contributed by atoms with Crippen molar-refractivity contribution in [3.05, 3.63) is 34.0 Å².